The van der Waals surface area contributed by atoms with Crippen molar-refractivity contribution in [1.29, 1.82) is 0 Å². The zero-order chi connectivity index (χ0) is 12.3. The molecule has 0 fully saturated rings. The highest BCUT2D eigenvalue weighted by molar-refractivity contribution is 6.48. The van der Waals surface area contributed by atoms with Crippen molar-refractivity contribution in [2.75, 3.05) is 0 Å². The third-order valence-electron chi connectivity index (χ3n) is 2.31. The van der Waals surface area contributed by atoms with E-state index in [9.17, 15) is 0 Å². The quantitative estimate of drug-likeness (QED) is 0.611. The van der Waals surface area contributed by atoms with Crippen LogP contribution in [-0.4, -0.2) is 14.0 Å². The fourth-order valence-corrected chi connectivity index (χ4v) is 2.61. The molecule has 2 nitrogen and oxygen atoms in total. The molecule has 0 spiro atoms. The summed E-state index contributed by atoms with van der Waals surface area (Å²) in [6.45, 7) is 11.4. The Morgan fingerprint density at radius 2 is 2.00 bits per heavy atom. The summed E-state index contributed by atoms with van der Waals surface area (Å²) in [6.07, 6.45) is 1.75. The van der Waals surface area contributed by atoms with E-state index >= 15 is 0 Å². The fourth-order valence-electron chi connectivity index (χ4n) is 1.64. The predicted octanol–water partition coefficient (Wildman–Crippen LogP) is 3.53. The van der Waals surface area contributed by atoms with Crippen molar-refractivity contribution in [2.45, 2.75) is 45.9 Å². The van der Waals surface area contributed by atoms with Gasteiger partial charge in [0.15, 0.2) is 9.04 Å². The summed E-state index contributed by atoms with van der Waals surface area (Å²) in [5, 5.41) is 0.596. The molecule has 0 amide bonds. The van der Waals surface area contributed by atoms with Crippen LogP contribution in [0.2, 0.25) is 18.2 Å². The molecule has 0 radical (unpaired) electrons. The molecule has 0 unspecified atom stereocenters. The Hall–Kier alpha value is -0.383. The molecule has 0 bridgehead atoms. The molecule has 0 aliphatic carbocycles. The normalized spacial score (nSPS) is 12.2. The third kappa shape index (κ3) is 3.58. The van der Waals surface area contributed by atoms with Crippen LogP contribution in [-0.2, 0) is 16.4 Å². The molecule has 1 heterocycles. The Labute approximate surface area is 105 Å². The minimum atomic E-state index is -0.994. The predicted molar refractivity (Wildman–Crippen MR) is 71.6 cm³/mol. The van der Waals surface area contributed by atoms with E-state index in [1.165, 1.54) is 0 Å². The maximum absolute atomic E-state index is 6.17. The smallest absolute Gasteiger partial charge is 0.171 e. The van der Waals surface area contributed by atoms with Crippen molar-refractivity contribution in [1.82, 2.24) is 4.98 Å². The van der Waals surface area contributed by atoms with Gasteiger partial charge in [0.25, 0.3) is 0 Å². The number of aromatic nitrogens is 1. The lowest BCUT2D eigenvalue weighted by atomic mass is 9.85. The van der Waals surface area contributed by atoms with Crippen molar-refractivity contribution in [2.24, 2.45) is 0 Å². The van der Waals surface area contributed by atoms with Crippen molar-refractivity contribution in [3.05, 3.63) is 28.5 Å². The topological polar surface area (TPSA) is 22.1 Å². The van der Waals surface area contributed by atoms with Crippen LogP contribution in [0.25, 0.3) is 0 Å². The molecular formula is C12H20ClNOSi. The van der Waals surface area contributed by atoms with E-state index in [0.29, 0.717) is 11.8 Å². The standard InChI is InChI=1S/C12H20ClNOSi/c1-12(2,3)10-9(8-15-16(4)5)6-7-14-11(10)13/h6-7,16H,8H2,1-5H3. The van der Waals surface area contributed by atoms with Gasteiger partial charge >= 0.3 is 0 Å². The summed E-state index contributed by atoms with van der Waals surface area (Å²) in [7, 11) is -0.994. The number of hydrogen-bond donors (Lipinski definition) is 0. The molecule has 0 atom stereocenters. The summed E-state index contributed by atoms with van der Waals surface area (Å²) in [4.78, 5) is 4.15. The second kappa shape index (κ2) is 5.30. The maximum Gasteiger partial charge on any atom is 0.171 e. The molecule has 0 aromatic carbocycles. The first-order valence-electron chi connectivity index (χ1n) is 5.58. The van der Waals surface area contributed by atoms with Crippen molar-refractivity contribution in [3.8, 4) is 0 Å². The van der Waals surface area contributed by atoms with Gasteiger partial charge in [0.2, 0.25) is 0 Å². The molecule has 0 saturated carbocycles. The zero-order valence-electron chi connectivity index (χ0n) is 10.7. The molecule has 0 aliphatic rings. The van der Waals surface area contributed by atoms with Gasteiger partial charge in [-0.05, 0) is 30.1 Å². The molecule has 0 aliphatic heterocycles. The summed E-state index contributed by atoms with van der Waals surface area (Å²) in [5.74, 6) is 0. The van der Waals surface area contributed by atoms with E-state index in [1.807, 2.05) is 6.07 Å². The molecule has 1 aromatic rings. The van der Waals surface area contributed by atoms with Crippen LogP contribution in [0.3, 0.4) is 0 Å². The second-order valence-electron chi connectivity index (χ2n) is 5.25. The first-order valence-corrected chi connectivity index (χ1v) is 8.73. The van der Waals surface area contributed by atoms with Gasteiger partial charge in [-0.2, -0.15) is 0 Å². The van der Waals surface area contributed by atoms with Crippen LogP contribution in [0.1, 0.15) is 31.9 Å². The lowest BCUT2D eigenvalue weighted by Crippen LogP contribution is -2.17. The van der Waals surface area contributed by atoms with E-state index < -0.39 is 9.04 Å². The molecule has 4 heteroatoms. The Balaban J connectivity index is 3.04. The van der Waals surface area contributed by atoms with E-state index in [4.69, 9.17) is 16.0 Å². The third-order valence-corrected chi connectivity index (χ3v) is 3.43. The Bertz CT molecular complexity index is 361. The minimum Gasteiger partial charge on any atom is -0.416 e. The lowest BCUT2D eigenvalue weighted by molar-refractivity contribution is 0.310. The van der Waals surface area contributed by atoms with Crippen molar-refractivity contribution in [3.63, 3.8) is 0 Å². The monoisotopic (exact) mass is 257 g/mol. The molecule has 90 valence electrons. The highest BCUT2D eigenvalue weighted by atomic mass is 35.5. The molecular weight excluding hydrogens is 238 g/mol. The van der Waals surface area contributed by atoms with Gasteiger partial charge in [-0.15, -0.1) is 0 Å². The highest BCUT2D eigenvalue weighted by Gasteiger charge is 2.22. The molecule has 0 N–H and O–H groups in total. The SMILES string of the molecule is C[SiH](C)OCc1ccnc(Cl)c1C(C)(C)C. The van der Waals surface area contributed by atoms with E-state index in [2.05, 4.69) is 38.8 Å². The first kappa shape index (κ1) is 13.7. The van der Waals surface area contributed by atoms with Gasteiger partial charge in [-0.25, -0.2) is 4.98 Å². The molecule has 16 heavy (non-hydrogen) atoms. The summed E-state index contributed by atoms with van der Waals surface area (Å²) in [6, 6.07) is 2.00. The van der Waals surface area contributed by atoms with Gasteiger partial charge in [0.05, 0.1) is 6.61 Å². The van der Waals surface area contributed by atoms with Gasteiger partial charge in [-0.1, -0.05) is 32.4 Å². The Morgan fingerprint density at radius 1 is 1.38 bits per heavy atom. The van der Waals surface area contributed by atoms with Crippen LogP contribution in [0, 0.1) is 0 Å². The fraction of sp³-hybridized carbons (Fsp3) is 0.583. The van der Waals surface area contributed by atoms with Crippen LogP contribution in [0.15, 0.2) is 12.3 Å². The van der Waals surface area contributed by atoms with Gasteiger partial charge in [0, 0.05) is 11.8 Å². The average Bonchev–Trinajstić information content (AvgIpc) is 2.12. The van der Waals surface area contributed by atoms with E-state index in [0.717, 1.165) is 11.1 Å². The highest BCUT2D eigenvalue weighted by Crippen LogP contribution is 2.31. The van der Waals surface area contributed by atoms with Crippen LogP contribution >= 0.6 is 11.6 Å². The summed E-state index contributed by atoms with van der Waals surface area (Å²) >= 11 is 6.17. The van der Waals surface area contributed by atoms with Crippen LogP contribution in [0.4, 0.5) is 0 Å². The van der Waals surface area contributed by atoms with E-state index in [1.54, 1.807) is 6.20 Å². The first-order chi connectivity index (χ1) is 7.32. The maximum atomic E-state index is 6.17. The van der Waals surface area contributed by atoms with Gasteiger partial charge < -0.3 is 4.43 Å². The largest absolute Gasteiger partial charge is 0.416 e. The van der Waals surface area contributed by atoms with Crippen molar-refractivity contribution < 1.29 is 4.43 Å². The number of rotatable bonds is 3. The van der Waals surface area contributed by atoms with Gasteiger partial charge in [0.1, 0.15) is 5.15 Å². The van der Waals surface area contributed by atoms with Gasteiger partial charge in [-0.3, -0.25) is 0 Å². The molecule has 1 aromatic heterocycles. The van der Waals surface area contributed by atoms with Crippen LogP contribution < -0.4 is 0 Å². The van der Waals surface area contributed by atoms with E-state index in [-0.39, 0.29) is 5.41 Å². The van der Waals surface area contributed by atoms with Crippen molar-refractivity contribution >= 4 is 20.6 Å². The zero-order valence-corrected chi connectivity index (χ0v) is 12.6. The lowest BCUT2D eigenvalue weighted by Gasteiger charge is -2.24. The number of nitrogens with zero attached hydrogens (tertiary/aromatic N) is 1. The second-order valence-corrected chi connectivity index (χ2v) is 8.03. The number of pyridine rings is 1. The molecule has 1 rings (SSSR count). The van der Waals surface area contributed by atoms with Crippen LogP contribution in [0.5, 0.6) is 0 Å². The summed E-state index contributed by atoms with van der Waals surface area (Å²) in [5.41, 5.74) is 2.27. The Morgan fingerprint density at radius 3 is 2.50 bits per heavy atom. The number of halogens is 1. The summed E-state index contributed by atoms with van der Waals surface area (Å²) < 4.78 is 5.77. The Kier molecular flexibility index (Phi) is 4.53. The average molecular weight is 258 g/mol. The number of hydrogen-bond acceptors (Lipinski definition) is 2. The minimum absolute atomic E-state index is 0.00255. The molecule has 0 saturated heterocycles.